The van der Waals surface area contributed by atoms with Crippen molar-refractivity contribution in [2.75, 3.05) is 0 Å². The number of aliphatic hydroxyl groups excluding tert-OH is 1. The third kappa shape index (κ3) is 3.66. The molecule has 2 fully saturated rings. The van der Waals surface area contributed by atoms with Gasteiger partial charge >= 0.3 is 0 Å². The van der Waals surface area contributed by atoms with Crippen molar-refractivity contribution in [3.63, 3.8) is 0 Å². The lowest BCUT2D eigenvalue weighted by atomic mass is 9.43. The molecule has 0 heterocycles. The number of allylic oxidation sites excluding steroid dienone is 6. The van der Waals surface area contributed by atoms with Crippen LogP contribution < -0.4 is 0 Å². The van der Waals surface area contributed by atoms with E-state index in [1.54, 1.807) is 11.1 Å². The van der Waals surface area contributed by atoms with Crippen LogP contribution in [-0.2, 0) is 0 Å². The summed E-state index contributed by atoms with van der Waals surface area (Å²) in [7, 11) is 0. The molecular formula is C32H50O. The van der Waals surface area contributed by atoms with Crippen molar-refractivity contribution < 1.29 is 5.11 Å². The monoisotopic (exact) mass is 450 g/mol. The molecule has 1 nitrogen and oxygen atoms in total. The molecule has 0 saturated heterocycles. The van der Waals surface area contributed by atoms with Gasteiger partial charge in [-0.25, -0.2) is 0 Å². The summed E-state index contributed by atoms with van der Waals surface area (Å²) in [5.74, 6) is 2.32. The second kappa shape index (κ2) is 8.69. The maximum absolute atomic E-state index is 11.3. The van der Waals surface area contributed by atoms with Crippen molar-refractivity contribution in [3.8, 4) is 0 Å². The Labute approximate surface area is 204 Å². The van der Waals surface area contributed by atoms with E-state index in [-0.39, 0.29) is 11.5 Å². The molecule has 1 heteroatoms. The van der Waals surface area contributed by atoms with Gasteiger partial charge in [-0.2, -0.15) is 0 Å². The van der Waals surface area contributed by atoms with E-state index in [2.05, 4.69) is 46.8 Å². The number of rotatable bonds is 4. The molecule has 2 saturated carbocycles. The van der Waals surface area contributed by atoms with Crippen molar-refractivity contribution in [2.24, 2.45) is 34.0 Å². The number of fused-ring (bicyclic) bond motifs is 5. The number of hydrogen-bond donors (Lipinski definition) is 1. The van der Waals surface area contributed by atoms with Gasteiger partial charge in [-0.15, -0.1) is 0 Å². The molecule has 33 heavy (non-hydrogen) atoms. The molecule has 0 aromatic rings. The van der Waals surface area contributed by atoms with E-state index in [9.17, 15) is 5.11 Å². The van der Waals surface area contributed by atoms with Gasteiger partial charge in [-0.05, 0) is 130 Å². The SMILES string of the molecule is CC(C)=CCC[C@@H](C)[C@H]1CC=C2C3=C(CC[C@@]21C)[C@@]1(C)CCC(O)C2(CCCCC2)C1CC3. The minimum Gasteiger partial charge on any atom is -0.393 e. The summed E-state index contributed by atoms with van der Waals surface area (Å²) in [4.78, 5) is 0. The lowest BCUT2D eigenvalue weighted by Gasteiger charge is -2.62. The molecule has 0 amide bonds. The van der Waals surface area contributed by atoms with E-state index < -0.39 is 0 Å². The Balaban J connectivity index is 1.42. The van der Waals surface area contributed by atoms with E-state index in [0.717, 1.165) is 18.3 Å². The Morgan fingerprint density at radius 1 is 1.03 bits per heavy atom. The van der Waals surface area contributed by atoms with Crippen LogP contribution in [-0.4, -0.2) is 11.2 Å². The van der Waals surface area contributed by atoms with Crippen LogP contribution >= 0.6 is 0 Å². The molecule has 0 aromatic heterocycles. The molecule has 0 aliphatic heterocycles. The lowest BCUT2D eigenvalue weighted by Crippen LogP contribution is -2.56. The fourth-order valence-electron chi connectivity index (χ4n) is 9.95. The smallest absolute Gasteiger partial charge is 0.0599 e. The highest BCUT2D eigenvalue weighted by molar-refractivity contribution is 5.50. The Hall–Kier alpha value is -0.820. The van der Waals surface area contributed by atoms with E-state index in [1.165, 1.54) is 89.0 Å². The molecule has 1 spiro atoms. The van der Waals surface area contributed by atoms with Crippen molar-refractivity contribution in [1.29, 1.82) is 0 Å². The maximum atomic E-state index is 11.3. The Morgan fingerprint density at radius 2 is 1.79 bits per heavy atom. The second-order valence-corrected chi connectivity index (χ2v) is 13.5. The zero-order valence-corrected chi connectivity index (χ0v) is 22.3. The molecule has 5 rings (SSSR count). The fraction of sp³-hybridized carbons (Fsp3) is 0.812. The average molecular weight is 451 g/mol. The van der Waals surface area contributed by atoms with Crippen LogP contribution in [0.4, 0.5) is 0 Å². The van der Waals surface area contributed by atoms with Crippen molar-refractivity contribution in [3.05, 3.63) is 34.4 Å². The molecule has 6 atom stereocenters. The summed E-state index contributed by atoms with van der Waals surface area (Å²) in [5.41, 5.74) is 7.82. The summed E-state index contributed by atoms with van der Waals surface area (Å²) in [5, 5.41) is 11.3. The van der Waals surface area contributed by atoms with Gasteiger partial charge in [-0.3, -0.25) is 0 Å². The first-order chi connectivity index (χ1) is 15.7. The molecule has 0 aromatic carbocycles. The predicted molar refractivity (Wildman–Crippen MR) is 140 cm³/mol. The summed E-state index contributed by atoms with van der Waals surface area (Å²) in [6, 6.07) is 0. The third-order valence-electron chi connectivity index (χ3n) is 11.7. The van der Waals surface area contributed by atoms with Crippen LogP contribution in [0, 0.1) is 34.0 Å². The van der Waals surface area contributed by atoms with E-state index in [4.69, 9.17) is 0 Å². The van der Waals surface area contributed by atoms with Crippen molar-refractivity contribution >= 4 is 0 Å². The minimum absolute atomic E-state index is 0.0522. The van der Waals surface area contributed by atoms with Crippen molar-refractivity contribution in [1.82, 2.24) is 0 Å². The molecular weight excluding hydrogens is 400 g/mol. The van der Waals surface area contributed by atoms with Crippen LogP contribution in [0.3, 0.4) is 0 Å². The van der Waals surface area contributed by atoms with Crippen LogP contribution in [0.1, 0.15) is 125 Å². The number of aliphatic hydroxyl groups is 1. The summed E-state index contributed by atoms with van der Waals surface area (Å²) < 4.78 is 0. The van der Waals surface area contributed by atoms with E-state index >= 15 is 0 Å². The fourth-order valence-corrected chi connectivity index (χ4v) is 9.95. The first-order valence-corrected chi connectivity index (χ1v) is 14.5. The highest BCUT2D eigenvalue weighted by Crippen LogP contribution is 2.68. The van der Waals surface area contributed by atoms with Gasteiger partial charge in [0.15, 0.2) is 0 Å². The van der Waals surface area contributed by atoms with Crippen LogP contribution in [0.2, 0.25) is 0 Å². The standard InChI is InChI=1S/C32H50O/c1-22(2)10-9-11-23(3)25-13-14-26-24-12-15-28-31(5,27(24)16-20-30(25,26)4)21-17-29(33)32(28)18-7-6-8-19-32/h10,14,23,25,28-29,33H,6-9,11-13,15-21H2,1-5H3/t23-,25-,28?,29?,30-,31-/m1/s1. The van der Waals surface area contributed by atoms with Gasteiger partial charge in [-0.1, -0.05) is 63.3 Å². The third-order valence-corrected chi connectivity index (χ3v) is 11.7. The second-order valence-electron chi connectivity index (χ2n) is 13.5. The summed E-state index contributed by atoms with van der Waals surface area (Å²) in [6.07, 6.45) is 23.1. The largest absolute Gasteiger partial charge is 0.393 e. The van der Waals surface area contributed by atoms with Gasteiger partial charge in [0.1, 0.15) is 0 Å². The van der Waals surface area contributed by atoms with Gasteiger partial charge in [0.05, 0.1) is 6.10 Å². The highest BCUT2D eigenvalue weighted by atomic mass is 16.3. The maximum Gasteiger partial charge on any atom is 0.0599 e. The molecule has 1 N–H and O–H groups in total. The Bertz CT molecular complexity index is 848. The minimum atomic E-state index is -0.0522. The predicted octanol–water partition coefficient (Wildman–Crippen LogP) is 8.93. The van der Waals surface area contributed by atoms with E-state index in [1.807, 2.05) is 5.57 Å². The summed E-state index contributed by atoms with van der Waals surface area (Å²) in [6.45, 7) is 12.2. The number of hydrogen-bond acceptors (Lipinski definition) is 1. The van der Waals surface area contributed by atoms with Gasteiger partial charge in [0.25, 0.3) is 0 Å². The first kappa shape index (κ1) is 23.9. The average Bonchev–Trinajstić information content (AvgIpc) is 3.14. The topological polar surface area (TPSA) is 20.2 Å². The van der Waals surface area contributed by atoms with Gasteiger partial charge in [0, 0.05) is 0 Å². The van der Waals surface area contributed by atoms with E-state index in [0.29, 0.717) is 16.7 Å². The molecule has 0 bridgehead atoms. The normalized spacial score (nSPS) is 40.5. The summed E-state index contributed by atoms with van der Waals surface area (Å²) >= 11 is 0. The van der Waals surface area contributed by atoms with Crippen LogP contribution in [0.5, 0.6) is 0 Å². The first-order valence-electron chi connectivity index (χ1n) is 14.5. The quantitative estimate of drug-likeness (QED) is 0.424. The molecule has 0 radical (unpaired) electrons. The van der Waals surface area contributed by atoms with Crippen LogP contribution in [0.25, 0.3) is 0 Å². The Kier molecular flexibility index (Phi) is 6.29. The van der Waals surface area contributed by atoms with Gasteiger partial charge in [0.2, 0.25) is 0 Å². The van der Waals surface area contributed by atoms with Crippen molar-refractivity contribution in [2.45, 2.75) is 131 Å². The molecule has 2 unspecified atom stereocenters. The molecule has 5 aliphatic rings. The zero-order valence-electron chi connectivity index (χ0n) is 22.3. The zero-order chi connectivity index (χ0) is 23.4. The lowest BCUT2D eigenvalue weighted by molar-refractivity contribution is -0.130. The highest BCUT2D eigenvalue weighted by Gasteiger charge is 2.60. The Morgan fingerprint density at radius 3 is 2.52 bits per heavy atom. The van der Waals surface area contributed by atoms with Gasteiger partial charge < -0.3 is 5.11 Å². The molecule has 184 valence electrons. The molecule has 5 aliphatic carbocycles. The van der Waals surface area contributed by atoms with Crippen LogP contribution in [0.15, 0.2) is 34.4 Å².